The molecular formula is C15H10O2S. The summed E-state index contributed by atoms with van der Waals surface area (Å²) < 4.78 is 0. The summed E-state index contributed by atoms with van der Waals surface area (Å²) in [5, 5.41) is 0. The second kappa shape index (κ2) is 4.42. The van der Waals surface area contributed by atoms with E-state index in [1.165, 1.54) is 0 Å². The monoisotopic (exact) mass is 254 g/mol. The van der Waals surface area contributed by atoms with Crippen molar-refractivity contribution in [3.05, 3.63) is 59.2 Å². The molecule has 0 aromatic heterocycles. The lowest BCUT2D eigenvalue weighted by molar-refractivity contribution is 0.0989. The molecule has 3 heteroatoms. The molecule has 0 unspecified atom stereocenters. The number of rotatable bonds is 1. The minimum absolute atomic E-state index is 0.111. The van der Waals surface area contributed by atoms with Gasteiger partial charge >= 0.3 is 0 Å². The van der Waals surface area contributed by atoms with E-state index in [-0.39, 0.29) is 5.78 Å². The van der Waals surface area contributed by atoms with Gasteiger partial charge in [0, 0.05) is 27.3 Å². The Balaban J connectivity index is 2.17. The molecular weight excluding hydrogens is 244 g/mol. The van der Waals surface area contributed by atoms with Crippen LogP contribution < -0.4 is 0 Å². The van der Waals surface area contributed by atoms with E-state index in [2.05, 4.69) is 0 Å². The normalized spacial score (nSPS) is 13.4. The number of Topliss-reactive ketones (excluding diaryl/α,β-unsaturated/α-hetero) is 1. The summed E-state index contributed by atoms with van der Waals surface area (Å²) in [7, 11) is 0. The predicted octanol–water partition coefficient (Wildman–Crippen LogP) is 3.39. The zero-order valence-electron chi connectivity index (χ0n) is 9.55. The van der Waals surface area contributed by atoms with Crippen LogP contribution in [-0.4, -0.2) is 12.1 Å². The zero-order valence-corrected chi connectivity index (χ0v) is 10.4. The molecule has 3 rings (SSSR count). The Hall–Kier alpha value is -1.87. The second-order valence-electron chi connectivity index (χ2n) is 4.18. The van der Waals surface area contributed by atoms with Crippen LogP contribution in [0.15, 0.2) is 52.3 Å². The Morgan fingerprint density at radius 2 is 1.89 bits per heavy atom. The molecule has 0 fully saturated rings. The fourth-order valence-electron chi connectivity index (χ4n) is 2.06. The number of benzene rings is 2. The van der Waals surface area contributed by atoms with Crippen LogP contribution >= 0.6 is 11.8 Å². The van der Waals surface area contributed by atoms with E-state index in [4.69, 9.17) is 0 Å². The van der Waals surface area contributed by atoms with Gasteiger partial charge in [-0.2, -0.15) is 0 Å². The van der Waals surface area contributed by atoms with Crippen molar-refractivity contribution in [1.82, 2.24) is 0 Å². The number of carbonyl (C=O) groups is 2. The van der Waals surface area contributed by atoms with Gasteiger partial charge in [-0.15, -0.1) is 0 Å². The standard InChI is InChI=1S/C15H10O2S/c16-9-10-5-6-12-13(17)8-11-3-1-2-4-14(11)18-15(12)7-10/h1-7,9H,8H2. The number of aldehydes is 1. The Labute approximate surface area is 109 Å². The quantitative estimate of drug-likeness (QED) is 0.731. The van der Waals surface area contributed by atoms with Gasteiger partial charge < -0.3 is 0 Å². The molecule has 1 aliphatic rings. The molecule has 1 heterocycles. The van der Waals surface area contributed by atoms with Crippen molar-refractivity contribution in [3.8, 4) is 0 Å². The first-order valence-electron chi connectivity index (χ1n) is 5.66. The molecule has 0 saturated heterocycles. The maximum atomic E-state index is 12.2. The van der Waals surface area contributed by atoms with Gasteiger partial charge in [0.05, 0.1) is 0 Å². The van der Waals surface area contributed by atoms with Crippen molar-refractivity contribution < 1.29 is 9.59 Å². The third-order valence-corrected chi connectivity index (χ3v) is 4.16. The molecule has 2 aromatic rings. The average molecular weight is 254 g/mol. The van der Waals surface area contributed by atoms with E-state index in [9.17, 15) is 9.59 Å². The van der Waals surface area contributed by atoms with Gasteiger partial charge in [0.25, 0.3) is 0 Å². The smallest absolute Gasteiger partial charge is 0.168 e. The van der Waals surface area contributed by atoms with E-state index < -0.39 is 0 Å². The molecule has 0 radical (unpaired) electrons. The molecule has 0 atom stereocenters. The Kier molecular flexibility index (Phi) is 2.76. The van der Waals surface area contributed by atoms with E-state index >= 15 is 0 Å². The summed E-state index contributed by atoms with van der Waals surface area (Å²) in [6, 6.07) is 13.1. The van der Waals surface area contributed by atoms with Gasteiger partial charge in [0.1, 0.15) is 6.29 Å². The first-order chi connectivity index (χ1) is 8.78. The van der Waals surface area contributed by atoms with Crippen LogP contribution in [0.5, 0.6) is 0 Å². The van der Waals surface area contributed by atoms with Crippen molar-refractivity contribution in [2.75, 3.05) is 0 Å². The molecule has 0 saturated carbocycles. The van der Waals surface area contributed by atoms with Gasteiger partial charge in [-0.3, -0.25) is 9.59 Å². The highest BCUT2D eigenvalue weighted by atomic mass is 32.2. The minimum Gasteiger partial charge on any atom is -0.298 e. The molecule has 18 heavy (non-hydrogen) atoms. The fraction of sp³-hybridized carbons (Fsp3) is 0.0667. The summed E-state index contributed by atoms with van der Waals surface area (Å²) in [4.78, 5) is 24.9. The van der Waals surface area contributed by atoms with E-state index in [1.54, 1.807) is 30.0 Å². The zero-order chi connectivity index (χ0) is 12.5. The Bertz CT molecular complexity index is 647. The molecule has 0 bridgehead atoms. The lowest BCUT2D eigenvalue weighted by Gasteiger charge is -2.04. The molecule has 0 N–H and O–H groups in total. The molecule has 0 aliphatic carbocycles. The van der Waals surface area contributed by atoms with Crippen molar-refractivity contribution in [2.24, 2.45) is 0 Å². The van der Waals surface area contributed by atoms with Crippen LogP contribution in [-0.2, 0) is 6.42 Å². The molecule has 2 aromatic carbocycles. The second-order valence-corrected chi connectivity index (χ2v) is 5.27. The van der Waals surface area contributed by atoms with Crippen LogP contribution in [0.2, 0.25) is 0 Å². The van der Waals surface area contributed by atoms with Gasteiger partial charge in [-0.1, -0.05) is 36.0 Å². The Morgan fingerprint density at radius 3 is 2.72 bits per heavy atom. The van der Waals surface area contributed by atoms with Gasteiger partial charge in [0.15, 0.2) is 5.78 Å². The molecule has 88 valence electrons. The lowest BCUT2D eigenvalue weighted by atomic mass is 10.0. The number of hydrogen-bond acceptors (Lipinski definition) is 3. The summed E-state index contributed by atoms with van der Waals surface area (Å²) in [6.45, 7) is 0. The van der Waals surface area contributed by atoms with E-state index in [1.807, 2.05) is 24.3 Å². The summed E-state index contributed by atoms with van der Waals surface area (Å²) in [6.07, 6.45) is 1.23. The molecule has 2 nitrogen and oxygen atoms in total. The first-order valence-corrected chi connectivity index (χ1v) is 6.48. The minimum atomic E-state index is 0.111. The predicted molar refractivity (Wildman–Crippen MR) is 70.4 cm³/mol. The molecule has 0 spiro atoms. The number of ketones is 1. The van der Waals surface area contributed by atoms with Crippen molar-refractivity contribution in [2.45, 2.75) is 16.2 Å². The van der Waals surface area contributed by atoms with Crippen LogP contribution in [0.1, 0.15) is 26.3 Å². The van der Waals surface area contributed by atoms with Crippen molar-refractivity contribution in [3.63, 3.8) is 0 Å². The van der Waals surface area contributed by atoms with Crippen LogP contribution in [0, 0.1) is 0 Å². The molecule has 1 aliphatic heterocycles. The Morgan fingerprint density at radius 1 is 1.06 bits per heavy atom. The molecule has 0 amide bonds. The van der Waals surface area contributed by atoms with Gasteiger partial charge in [-0.25, -0.2) is 0 Å². The van der Waals surface area contributed by atoms with Crippen molar-refractivity contribution >= 4 is 23.8 Å². The topological polar surface area (TPSA) is 34.1 Å². The highest BCUT2D eigenvalue weighted by molar-refractivity contribution is 7.99. The highest BCUT2D eigenvalue weighted by Crippen LogP contribution is 2.37. The van der Waals surface area contributed by atoms with E-state index in [0.29, 0.717) is 17.5 Å². The summed E-state index contributed by atoms with van der Waals surface area (Å²) >= 11 is 1.56. The third-order valence-electron chi connectivity index (χ3n) is 2.99. The van der Waals surface area contributed by atoms with Crippen LogP contribution in [0.25, 0.3) is 0 Å². The number of carbonyl (C=O) groups excluding carboxylic acids is 2. The largest absolute Gasteiger partial charge is 0.298 e. The van der Waals surface area contributed by atoms with Crippen LogP contribution in [0.4, 0.5) is 0 Å². The number of hydrogen-bond donors (Lipinski definition) is 0. The lowest BCUT2D eigenvalue weighted by Crippen LogP contribution is -2.03. The highest BCUT2D eigenvalue weighted by Gasteiger charge is 2.20. The fourth-order valence-corrected chi connectivity index (χ4v) is 3.20. The van der Waals surface area contributed by atoms with Gasteiger partial charge in [0.2, 0.25) is 0 Å². The maximum Gasteiger partial charge on any atom is 0.168 e. The van der Waals surface area contributed by atoms with Crippen LogP contribution in [0.3, 0.4) is 0 Å². The summed E-state index contributed by atoms with van der Waals surface area (Å²) in [5.41, 5.74) is 2.37. The third kappa shape index (κ3) is 1.87. The van der Waals surface area contributed by atoms with Crippen molar-refractivity contribution in [1.29, 1.82) is 0 Å². The van der Waals surface area contributed by atoms with Gasteiger partial charge in [-0.05, 0) is 23.8 Å². The first kappa shape index (κ1) is 11.2. The summed E-state index contributed by atoms with van der Waals surface area (Å²) in [5.74, 6) is 0.111. The van der Waals surface area contributed by atoms with E-state index in [0.717, 1.165) is 21.6 Å². The number of fused-ring (bicyclic) bond motifs is 2. The average Bonchev–Trinajstić information content (AvgIpc) is 2.54. The SMILES string of the molecule is O=Cc1ccc2c(c1)Sc1ccccc1CC2=O. The maximum absolute atomic E-state index is 12.2.